The van der Waals surface area contributed by atoms with Gasteiger partial charge in [-0.1, -0.05) is 0 Å². The van der Waals surface area contributed by atoms with E-state index < -0.39 is 0 Å². The maximum Gasteiger partial charge on any atom is 0.256 e. The lowest BCUT2D eigenvalue weighted by atomic mass is 10.0. The molecule has 0 bridgehead atoms. The van der Waals surface area contributed by atoms with E-state index in [0.29, 0.717) is 23.5 Å². The smallest absolute Gasteiger partial charge is 0.256 e. The molecule has 116 valence electrons. The number of nitrogens with zero attached hydrogens (tertiary/aromatic N) is 3. The van der Waals surface area contributed by atoms with Crippen LogP contribution in [0.25, 0.3) is 0 Å². The number of aryl methyl sites for hydroxylation is 1. The molecule has 2 rings (SSSR count). The molecule has 3 N–H and O–H groups in total. The summed E-state index contributed by atoms with van der Waals surface area (Å²) in [7, 11) is 2.08. The number of pyridine rings is 1. The van der Waals surface area contributed by atoms with Gasteiger partial charge in [0.25, 0.3) is 5.91 Å². The summed E-state index contributed by atoms with van der Waals surface area (Å²) in [6, 6.07) is 1.84. The summed E-state index contributed by atoms with van der Waals surface area (Å²) in [4.78, 5) is 21.0. The molecule has 6 nitrogen and oxygen atoms in total. The molecule has 0 unspecified atom stereocenters. The summed E-state index contributed by atoms with van der Waals surface area (Å²) in [6.07, 6.45) is 3.41. The Morgan fingerprint density at radius 1 is 1.52 bits per heavy atom. The molecule has 21 heavy (non-hydrogen) atoms. The van der Waals surface area contributed by atoms with Crippen LogP contribution in [0.4, 0.5) is 5.69 Å². The average Bonchev–Trinajstić information content (AvgIpc) is 2.48. The molecule has 6 heteroatoms. The third kappa shape index (κ3) is 3.71. The Kier molecular flexibility index (Phi) is 5.14. The highest BCUT2D eigenvalue weighted by atomic mass is 16.3. The summed E-state index contributed by atoms with van der Waals surface area (Å²) in [5, 5.41) is 9.29. The maximum absolute atomic E-state index is 12.8. The molecule has 1 aliphatic heterocycles. The number of amides is 1. The highest BCUT2D eigenvalue weighted by molar-refractivity contribution is 5.96. The highest BCUT2D eigenvalue weighted by Crippen LogP contribution is 2.20. The minimum Gasteiger partial charge on any atom is -0.397 e. The van der Waals surface area contributed by atoms with Gasteiger partial charge in [0.1, 0.15) is 0 Å². The van der Waals surface area contributed by atoms with E-state index in [9.17, 15) is 9.90 Å². The average molecular weight is 292 g/mol. The van der Waals surface area contributed by atoms with E-state index in [0.717, 1.165) is 25.9 Å². The van der Waals surface area contributed by atoms with Crippen molar-refractivity contribution in [3.63, 3.8) is 0 Å². The van der Waals surface area contributed by atoms with E-state index in [-0.39, 0.29) is 18.6 Å². The Morgan fingerprint density at radius 3 is 2.81 bits per heavy atom. The first-order valence-corrected chi connectivity index (χ1v) is 7.35. The number of anilines is 1. The third-order valence-corrected chi connectivity index (χ3v) is 4.07. The van der Waals surface area contributed by atoms with Crippen molar-refractivity contribution in [3.05, 3.63) is 23.5 Å². The highest BCUT2D eigenvalue weighted by Gasteiger charge is 2.28. The molecule has 0 aromatic carbocycles. The number of aromatic nitrogens is 1. The maximum atomic E-state index is 12.8. The zero-order chi connectivity index (χ0) is 15.4. The second-order valence-corrected chi connectivity index (χ2v) is 5.66. The number of carbonyl (C=O) groups is 1. The van der Waals surface area contributed by atoms with Gasteiger partial charge in [0.2, 0.25) is 0 Å². The number of aliphatic hydroxyl groups is 1. The standard InChI is InChI=1S/C15H24N4O2/c1-11-14(9-12(16)10-17-11)15(21)19(7-8-20)13-3-5-18(2)6-4-13/h9-10,13,20H,3-8,16H2,1-2H3. The van der Waals surface area contributed by atoms with E-state index >= 15 is 0 Å². The molecule has 0 aliphatic carbocycles. The summed E-state index contributed by atoms with van der Waals surface area (Å²) < 4.78 is 0. The zero-order valence-corrected chi connectivity index (χ0v) is 12.7. The second kappa shape index (κ2) is 6.87. The Hall–Kier alpha value is -1.66. The fourth-order valence-electron chi connectivity index (χ4n) is 2.78. The van der Waals surface area contributed by atoms with Gasteiger partial charge in [-0.2, -0.15) is 0 Å². The summed E-state index contributed by atoms with van der Waals surface area (Å²) in [5.74, 6) is -0.0871. The normalized spacial score (nSPS) is 16.9. The first-order valence-electron chi connectivity index (χ1n) is 7.35. The van der Waals surface area contributed by atoms with E-state index in [2.05, 4.69) is 16.9 Å². The van der Waals surface area contributed by atoms with Crippen LogP contribution in [0, 0.1) is 6.92 Å². The number of carbonyl (C=O) groups excluding carboxylic acids is 1. The number of rotatable bonds is 4. The first kappa shape index (κ1) is 15.7. The largest absolute Gasteiger partial charge is 0.397 e. The van der Waals surface area contributed by atoms with Crippen LogP contribution in [0.2, 0.25) is 0 Å². The van der Waals surface area contributed by atoms with Crippen LogP contribution in [-0.2, 0) is 0 Å². The van der Waals surface area contributed by atoms with Crippen molar-refractivity contribution in [2.24, 2.45) is 0 Å². The summed E-state index contributed by atoms with van der Waals surface area (Å²) in [5.41, 5.74) is 7.43. The van der Waals surface area contributed by atoms with Crippen molar-refractivity contribution < 1.29 is 9.90 Å². The van der Waals surface area contributed by atoms with Gasteiger partial charge < -0.3 is 20.6 Å². The number of aliphatic hydroxyl groups excluding tert-OH is 1. The first-order chi connectivity index (χ1) is 10.0. The minimum atomic E-state index is -0.0871. The molecular formula is C15H24N4O2. The Balaban J connectivity index is 2.20. The van der Waals surface area contributed by atoms with Crippen LogP contribution in [0.3, 0.4) is 0 Å². The SMILES string of the molecule is Cc1ncc(N)cc1C(=O)N(CCO)C1CCN(C)CC1. The summed E-state index contributed by atoms with van der Waals surface area (Å²) in [6.45, 7) is 4.05. The van der Waals surface area contributed by atoms with Crippen molar-refractivity contribution in [1.29, 1.82) is 0 Å². The molecular weight excluding hydrogens is 268 g/mol. The van der Waals surface area contributed by atoms with Crippen LogP contribution in [0.15, 0.2) is 12.3 Å². The van der Waals surface area contributed by atoms with Gasteiger partial charge >= 0.3 is 0 Å². The number of piperidine rings is 1. The molecule has 1 aromatic heterocycles. The zero-order valence-electron chi connectivity index (χ0n) is 12.7. The van der Waals surface area contributed by atoms with E-state index in [1.165, 1.54) is 0 Å². The van der Waals surface area contributed by atoms with Crippen LogP contribution in [0.1, 0.15) is 28.9 Å². The van der Waals surface area contributed by atoms with Crippen molar-refractivity contribution in [1.82, 2.24) is 14.8 Å². The lowest BCUT2D eigenvalue weighted by Gasteiger charge is -2.37. The van der Waals surface area contributed by atoms with Gasteiger partial charge in [-0.25, -0.2) is 0 Å². The second-order valence-electron chi connectivity index (χ2n) is 5.66. The van der Waals surface area contributed by atoms with Gasteiger partial charge in [0.05, 0.1) is 29.7 Å². The molecule has 1 aromatic rings. The number of nitrogens with two attached hydrogens (primary N) is 1. The quantitative estimate of drug-likeness (QED) is 0.844. The Morgan fingerprint density at radius 2 is 2.19 bits per heavy atom. The van der Waals surface area contributed by atoms with E-state index in [1.807, 2.05) is 0 Å². The van der Waals surface area contributed by atoms with Crippen LogP contribution in [0.5, 0.6) is 0 Å². The van der Waals surface area contributed by atoms with Crippen molar-refractivity contribution in [2.45, 2.75) is 25.8 Å². The third-order valence-electron chi connectivity index (χ3n) is 4.07. The van der Waals surface area contributed by atoms with Crippen molar-refractivity contribution in [3.8, 4) is 0 Å². The Labute approximate surface area is 125 Å². The monoisotopic (exact) mass is 292 g/mol. The number of hydrogen-bond donors (Lipinski definition) is 2. The number of hydrogen-bond acceptors (Lipinski definition) is 5. The molecule has 2 heterocycles. The Bertz CT molecular complexity index is 498. The lowest BCUT2D eigenvalue weighted by Crippen LogP contribution is -2.47. The lowest BCUT2D eigenvalue weighted by molar-refractivity contribution is 0.0539. The van der Waals surface area contributed by atoms with Crippen LogP contribution >= 0.6 is 0 Å². The molecule has 0 atom stereocenters. The molecule has 1 amide bonds. The van der Waals surface area contributed by atoms with Gasteiger partial charge in [-0.05, 0) is 46.0 Å². The fourth-order valence-corrected chi connectivity index (χ4v) is 2.78. The number of likely N-dealkylation sites (tertiary alicyclic amines) is 1. The van der Waals surface area contributed by atoms with Gasteiger partial charge in [-0.15, -0.1) is 0 Å². The number of nitrogen functional groups attached to an aromatic ring is 1. The fraction of sp³-hybridized carbons (Fsp3) is 0.600. The topological polar surface area (TPSA) is 82.7 Å². The molecule has 0 saturated carbocycles. The molecule has 1 aliphatic rings. The van der Waals surface area contributed by atoms with Crippen LogP contribution in [-0.4, -0.2) is 65.1 Å². The van der Waals surface area contributed by atoms with Gasteiger partial charge in [-0.3, -0.25) is 9.78 Å². The predicted molar refractivity (Wildman–Crippen MR) is 82.0 cm³/mol. The van der Waals surface area contributed by atoms with Crippen LogP contribution < -0.4 is 5.73 Å². The van der Waals surface area contributed by atoms with Gasteiger partial charge in [0, 0.05) is 12.6 Å². The van der Waals surface area contributed by atoms with Gasteiger partial charge in [0.15, 0.2) is 0 Å². The van der Waals surface area contributed by atoms with Crippen molar-refractivity contribution in [2.75, 3.05) is 39.0 Å². The minimum absolute atomic E-state index is 0.0349. The van der Waals surface area contributed by atoms with E-state index in [1.54, 1.807) is 24.1 Å². The molecule has 1 fully saturated rings. The molecule has 0 spiro atoms. The van der Waals surface area contributed by atoms with Crippen molar-refractivity contribution >= 4 is 11.6 Å². The summed E-state index contributed by atoms with van der Waals surface area (Å²) >= 11 is 0. The molecule has 1 saturated heterocycles. The van der Waals surface area contributed by atoms with E-state index in [4.69, 9.17) is 5.73 Å². The molecule has 0 radical (unpaired) electrons. The predicted octanol–water partition coefficient (Wildman–Crippen LogP) is 0.501.